The fourth-order valence-corrected chi connectivity index (χ4v) is 2.34. The Balaban J connectivity index is 1.49. The number of hydrogen-bond donors (Lipinski definition) is 1. The van der Waals surface area contributed by atoms with Crippen LogP contribution in [0.3, 0.4) is 0 Å². The van der Waals surface area contributed by atoms with E-state index < -0.39 is 0 Å². The molecule has 6 nitrogen and oxygen atoms in total. The molecule has 0 aliphatic heterocycles. The highest BCUT2D eigenvalue weighted by molar-refractivity contribution is 6.31. The number of benzene rings is 2. The second kappa shape index (κ2) is 7.81. The van der Waals surface area contributed by atoms with Gasteiger partial charge < -0.3 is 14.5 Å². The Hall–Kier alpha value is -2.86. The first-order chi connectivity index (χ1) is 12.1. The molecule has 0 fully saturated rings. The first kappa shape index (κ1) is 17.0. The fourth-order valence-electron chi connectivity index (χ4n) is 2.14. The summed E-state index contributed by atoms with van der Waals surface area (Å²) in [7, 11) is 0. The average molecular weight is 358 g/mol. The summed E-state index contributed by atoms with van der Waals surface area (Å²) in [6, 6.07) is 14.4. The molecule has 0 aliphatic carbocycles. The van der Waals surface area contributed by atoms with Crippen LogP contribution in [0, 0.1) is 6.92 Å². The third-order valence-electron chi connectivity index (χ3n) is 3.43. The van der Waals surface area contributed by atoms with Gasteiger partial charge in [0.1, 0.15) is 5.75 Å². The van der Waals surface area contributed by atoms with Crippen molar-refractivity contribution in [1.82, 2.24) is 15.5 Å². The summed E-state index contributed by atoms with van der Waals surface area (Å²) >= 11 is 6.05. The van der Waals surface area contributed by atoms with E-state index in [1.165, 1.54) is 0 Å². The number of halogens is 1. The third-order valence-corrected chi connectivity index (χ3v) is 3.80. The number of ether oxygens (including phenoxy) is 1. The van der Waals surface area contributed by atoms with Crippen LogP contribution in [0.4, 0.5) is 0 Å². The van der Waals surface area contributed by atoms with Crippen LogP contribution in [0.15, 0.2) is 52.9 Å². The van der Waals surface area contributed by atoms with Crippen molar-refractivity contribution in [2.75, 3.05) is 6.61 Å². The minimum absolute atomic E-state index is 0.0799. The molecule has 1 N–H and O–H groups in total. The molecule has 0 bridgehead atoms. The lowest BCUT2D eigenvalue weighted by molar-refractivity contribution is -0.123. The zero-order chi connectivity index (χ0) is 17.6. The van der Waals surface area contributed by atoms with Gasteiger partial charge in [-0.15, -0.1) is 10.2 Å². The van der Waals surface area contributed by atoms with E-state index in [1.54, 1.807) is 37.3 Å². The summed E-state index contributed by atoms with van der Waals surface area (Å²) in [5.41, 5.74) is 1.65. The van der Waals surface area contributed by atoms with E-state index in [-0.39, 0.29) is 12.5 Å². The van der Waals surface area contributed by atoms with E-state index >= 15 is 0 Å². The molecular weight excluding hydrogens is 342 g/mol. The first-order valence-electron chi connectivity index (χ1n) is 7.65. The molecule has 1 aromatic heterocycles. The molecule has 0 saturated heterocycles. The molecule has 0 aliphatic rings. The second-order valence-electron chi connectivity index (χ2n) is 5.31. The Morgan fingerprint density at radius 3 is 2.60 bits per heavy atom. The summed E-state index contributed by atoms with van der Waals surface area (Å²) < 4.78 is 10.8. The lowest BCUT2D eigenvalue weighted by Gasteiger charge is -2.08. The van der Waals surface area contributed by atoms with Crippen LogP contribution in [-0.2, 0) is 11.3 Å². The van der Waals surface area contributed by atoms with Crippen LogP contribution in [0.5, 0.6) is 5.75 Å². The van der Waals surface area contributed by atoms with E-state index in [2.05, 4.69) is 15.5 Å². The van der Waals surface area contributed by atoms with Crippen LogP contribution in [-0.4, -0.2) is 22.7 Å². The van der Waals surface area contributed by atoms with E-state index in [4.69, 9.17) is 20.8 Å². The Morgan fingerprint density at radius 2 is 1.92 bits per heavy atom. The number of aromatic nitrogens is 2. The molecule has 1 heterocycles. The van der Waals surface area contributed by atoms with Crippen LogP contribution < -0.4 is 10.1 Å². The van der Waals surface area contributed by atoms with E-state index in [0.29, 0.717) is 29.1 Å². The van der Waals surface area contributed by atoms with Gasteiger partial charge in [0.05, 0.1) is 0 Å². The number of rotatable bonds is 6. The quantitative estimate of drug-likeness (QED) is 0.731. The van der Waals surface area contributed by atoms with Gasteiger partial charge >= 0.3 is 0 Å². The van der Waals surface area contributed by atoms with Crippen molar-refractivity contribution in [2.24, 2.45) is 0 Å². The molecule has 7 heteroatoms. The maximum Gasteiger partial charge on any atom is 0.258 e. The molecule has 128 valence electrons. The third kappa shape index (κ3) is 4.58. The van der Waals surface area contributed by atoms with Crippen molar-refractivity contribution < 1.29 is 13.9 Å². The topological polar surface area (TPSA) is 77.2 Å². The summed E-state index contributed by atoms with van der Waals surface area (Å²) in [5.74, 6) is 1.30. The Morgan fingerprint density at radius 1 is 1.16 bits per heavy atom. The molecule has 0 saturated carbocycles. The smallest absolute Gasteiger partial charge is 0.258 e. The van der Waals surface area contributed by atoms with Gasteiger partial charge in [0, 0.05) is 24.1 Å². The molecule has 1 amide bonds. The SMILES string of the molecule is Cc1nnc(-c2ccc(OCC(=O)NCc3ccccc3Cl)cc2)o1. The van der Waals surface area contributed by atoms with Gasteiger partial charge in [-0.25, -0.2) is 0 Å². The van der Waals surface area contributed by atoms with E-state index in [0.717, 1.165) is 11.1 Å². The van der Waals surface area contributed by atoms with Crippen molar-refractivity contribution in [3.8, 4) is 17.2 Å². The highest BCUT2D eigenvalue weighted by Gasteiger charge is 2.07. The van der Waals surface area contributed by atoms with Gasteiger partial charge in [0.25, 0.3) is 5.91 Å². The second-order valence-corrected chi connectivity index (χ2v) is 5.71. The zero-order valence-corrected chi connectivity index (χ0v) is 14.3. The summed E-state index contributed by atoms with van der Waals surface area (Å²) in [6.07, 6.45) is 0. The monoisotopic (exact) mass is 357 g/mol. The first-order valence-corrected chi connectivity index (χ1v) is 8.03. The van der Waals surface area contributed by atoms with Gasteiger partial charge in [-0.1, -0.05) is 29.8 Å². The number of carbonyl (C=O) groups is 1. The molecule has 3 rings (SSSR count). The van der Waals surface area contributed by atoms with Gasteiger partial charge in [0.15, 0.2) is 6.61 Å². The van der Waals surface area contributed by atoms with Gasteiger partial charge in [-0.05, 0) is 35.9 Å². The summed E-state index contributed by atoms with van der Waals surface area (Å²) in [4.78, 5) is 11.9. The Labute approximate surface area is 149 Å². The highest BCUT2D eigenvalue weighted by atomic mass is 35.5. The lowest BCUT2D eigenvalue weighted by Crippen LogP contribution is -2.28. The van der Waals surface area contributed by atoms with Crippen LogP contribution in [0.1, 0.15) is 11.5 Å². The normalized spacial score (nSPS) is 10.5. The van der Waals surface area contributed by atoms with E-state index in [1.807, 2.05) is 18.2 Å². The number of carbonyl (C=O) groups excluding carboxylic acids is 1. The predicted octanol–water partition coefficient (Wildman–Crippen LogP) is 3.39. The molecule has 25 heavy (non-hydrogen) atoms. The number of hydrogen-bond acceptors (Lipinski definition) is 5. The van der Waals surface area contributed by atoms with Crippen LogP contribution in [0.25, 0.3) is 11.5 Å². The van der Waals surface area contributed by atoms with E-state index in [9.17, 15) is 4.79 Å². The average Bonchev–Trinajstić information content (AvgIpc) is 3.06. The van der Waals surface area contributed by atoms with Crippen molar-refractivity contribution >= 4 is 17.5 Å². The maximum absolute atomic E-state index is 11.9. The minimum Gasteiger partial charge on any atom is -0.484 e. The molecule has 2 aromatic carbocycles. The summed E-state index contributed by atoms with van der Waals surface area (Å²) in [6.45, 7) is 2.01. The predicted molar refractivity (Wildman–Crippen MR) is 93.3 cm³/mol. The largest absolute Gasteiger partial charge is 0.484 e. The minimum atomic E-state index is -0.225. The molecule has 0 spiro atoms. The molecule has 0 radical (unpaired) electrons. The van der Waals surface area contributed by atoms with Crippen molar-refractivity contribution in [3.63, 3.8) is 0 Å². The molecular formula is C18H16ClN3O3. The number of aryl methyl sites for hydroxylation is 1. The van der Waals surface area contributed by atoms with Crippen LogP contribution in [0.2, 0.25) is 5.02 Å². The summed E-state index contributed by atoms with van der Waals surface area (Å²) in [5, 5.41) is 11.1. The molecule has 0 atom stereocenters. The van der Waals surface area contributed by atoms with Crippen molar-refractivity contribution in [3.05, 3.63) is 65.0 Å². The fraction of sp³-hybridized carbons (Fsp3) is 0.167. The Kier molecular flexibility index (Phi) is 5.30. The zero-order valence-electron chi connectivity index (χ0n) is 13.5. The molecule has 0 unspecified atom stereocenters. The number of amides is 1. The highest BCUT2D eigenvalue weighted by Crippen LogP contribution is 2.21. The standard InChI is InChI=1S/C18H16ClN3O3/c1-12-21-22-18(25-12)13-6-8-15(9-7-13)24-11-17(23)20-10-14-4-2-3-5-16(14)19/h2-9H,10-11H2,1H3,(H,20,23). The van der Waals surface area contributed by atoms with Gasteiger partial charge in [-0.2, -0.15) is 0 Å². The lowest BCUT2D eigenvalue weighted by atomic mass is 10.2. The number of nitrogens with zero attached hydrogens (tertiary/aromatic N) is 2. The van der Waals surface area contributed by atoms with Crippen molar-refractivity contribution in [1.29, 1.82) is 0 Å². The number of nitrogens with one attached hydrogen (secondary N) is 1. The Bertz CT molecular complexity index is 862. The van der Waals surface area contributed by atoms with Crippen LogP contribution >= 0.6 is 11.6 Å². The van der Waals surface area contributed by atoms with Gasteiger partial charge in [0.2, 0.25) is 11.8 Å². The molecule has 3 aromatic rings. The van der Waals surface area contributed by atoms with Crippen molar-refractivity contribution in [2.45, 2.75) is 13.5 Å². The maximum atomic E-state index is 11.9. The van der Waals surface area contributed by atoms with Gasteiger partial charge in [-0.3, -0.25) is 4.79 Å².